The molecule has 0 amide bonds. The number of carbonyl (C=O) groups is 1. The predicted molar refractivity (Wildman–Crippen MR) is 73.4 cm³/mol. The number of rotatable bonds is 4. The van der Waals surface area contributed by atoms with Crippen LogP contribution in [0.25, 0.3) is 0 Å². The third kappa shape index (κ3) is 3.47. The molecule has 2 aromatic rings. The van der Waals surface area contributed by atoms with Crippen LogP contribution in [0, 0.1) is 5.95 Å². The van der Waals surface area contributed by atoms with Gasteiger partial charge in [-0.2, -0.15) is 4.39 Å². The molecule has 1 heterocycles. The molecule has 110 valence electrons. The van der Waals surface area contributed by atoms with Crippen LogP contribution in [0.5, 0.6) is 0 Å². The lowest BCUT2D eigenvalue weighted by Gasteiger charge is -2.08. The van der Waals surface area contributed by atoms with Crippen molar-refractivity contribution >= 4 is 33.4 Å². The Balaban J connectivity index is 2.36. The Labute approximate surface area is 124 Å². The lowest BCUT2D eigenvalue weighted by molar-refractivity contribution is 0.0697. The molecule has 0 aliphatic heterocycles. The zero-order chi connectivity index (χ0) is 15.6. The number of carboxylic acids is 1. The fraction of sp³-hybridized carbons (Fsp3) is 0. The first-order valence-corrected chi connectivity index (χ1v) is 7.34. The van der Waals surface area contributed by atoms with Gasteiger partial charge in [0.15, 0.2) is 0 Å². The van der Waals surface area contributed by atoms with Crippen LogP contribution in [-0.2, 0) is 10.0 Å². The summed E-state index contributed by atoms with van der Waals surface area (Å²) >= 11 is 5.71. The number of hydrogen-bond donors (Lipinski definition) is 2. The topological polar surface area (TPSA) is 96.4 Å². The van der Waals surface area contributed by atoms with Gasteiger partial charge in [-0.15, -0.1) is 0 Å². The summed E-state index contributed by atoms with van der Waals surface area (Å²) in [6.07, 6.45) is 0. The van der Waals surface area contributed by atoms with E-state index in [0.29, 0.717) is 0 Å². The smallest absolute Gasteiger partial charge is 0.337 e. The molecule has 1 aromatic carbocycles. The van der Waals surface area contributed by atoms with Gasteiger partial charge in [0.2, 0.25) is 5.95 Å². The van der Waals surface area contributed by atoms with Crippen LogP contribution in [0.2, 0.25) is 5.02 Å². The summed E-state index contributed by atoms with van der Waals surface area (Å²) in [5, 5.41) is 8.60. The lowest BCUT2D eigenvalue weighted by atomic mass is 10.2. The van der Waals surface area contributed by atoms with E-state index in [-0.39, 0.29) is 21.3 Å². The van der Waals surface area contributed by atoms with Gasteiger partial charge >= 0.3 is 5.97 Å². The second kappa shape index (κ2) is 5.66. The van der Waals surface area contributed by atoms with Crippen LogP contribution in [0.15, 0.2) is 41.3 Å². The van der Waals surface area contributed by atoms with Gasteiger partial charge in [-0.25, -0.2) is 18.2 Å². The zero-order valence-electron chi connectivity index (χ0n) is 10.2. The van der Waals surface area contributed by atoms with Crippen LogP contribution < -0.4 is 4.72 Å². The highest BCUT2D eigenvalue weighted by molar-refractivity contribution is 7.92. The second-order valence-electron chi connectivity index (χ2n) is 3.90. The molecule has 21 heavy (non-hydrogen) atoms. The Bertz CT molecular complexity index is 811. The molecule has 0 aliphatic rings. The van der Waals surface area contributed by atoms with Crippen molar-refractivity contribution in [1.82, 2.24) is 4.98 Å². The van der Waals surface area contributed by atoms with Gasteiger partial charge in [0.25, 0.3) is 10.0 Å². The first kappa shape index (κ1) is 15.2. The van der Waals surface area contributed by atoms with E-state index >= 15 is 0 Å². The Kier molecular flexibility index (Phi) is 4.10. The summed E-state index contributed by atoms with van der Waals surface area (Å²) in [5.74, 6) is -2.31. The predicted octanol–water partition coefficient (Wildman–Crippen LogP) is 2.37. The molecule has 0 saturated heterocycles. The van der Waals surface area contributed by atoms with Crippen molar-refractivity contribution in [3.8, 4) is 0 Å². The van der Waals surface area contributed by atoms with E-state index in [1.165, 1.54) is 12.1 Å². The zero-order valence-corrected chi connectivity index (χ0v) is 11.8. The van der Waals surface area contributed by atoms with Crippen molar-refractivity contribution in [1.29, 1.82) is 0 Å². The van der Waals surface area contributed by atoms with Crippen molar-refractivity contribution in [2.45, 2.75) is 4.90 Å². The van der Waals surface area contributed by atoms with Crippen molar-refractivity contribution in [3.63, 3.8) is 0 Å². The van der Waals surface area contributed by atoms with E-state index in [1.807, 2.05) is 0 Å². The molecule has 2 N–H and O–H groups in total. The van der Waals surface area contributed by atoms with Crippen molar-refractivity contribution in [2.24, 2.45) is 0 Å². The molecule has 0 spiro atoms. The largest absolute Gasteiger partial charge is 0.478 e. The fourth-order valence-electron chi connectivity index (χ4n) is 1.50. The number of halogens is 2. The minimum atomic E-state index is -4.05. The number of benzene rings is 1. The van der Waals surface area contributed by atoms with Gasteiger partial charge in [-0.3, -0.25) is 4.72 Å². The van der Waals surface area contributed by atoms with E-state index in [0.717, 1.165) is 24.3 Å². The maximum atomic E-state index is 12.9. The summed E-state index contributed by atoms with van der Waals surface area (Å²) in [6.45, 7) is 0. The van der Waals surface area contributed by atoms with Crippen LogP contribution in [-0.4, -0.2) is 24.5 Å². The van der Waals surface area contributed by atoms with Crippen LogP contribution in [0.3, 0.4) is 0 Å². The second-order valence-corrected chi connectivity index (χ2v) is 5.99. The number of aromatic carboxylic acids is 1. The van der Waals surface area contributed by atoms with Crippen molar-refractivity contribution in [2.75, 3.05) is 4.72 Å². The van der Waals surface area contributed by atoms with Gasteiger partial charge in [-0.1, -0.05) is 17.7 Å². The highest BCUT2D eigenvalue weighted by Crippen LogP contribution is 2.22. The third-order valence-electron chi connectivity index (χ3n) is 2.44. The minimum Gasteiger partial charge on any atom is -0.478 e. The van der Waals surface area contributed by atoms with Gasteiger partial charge in [0, 0.05) is 0 Å². The normalized spacial score (nSPS) is 11.1. The number of nitrogens with zero attached hydrogens (tertiary/aromatic N) is 1. The summed E-state index contributed by atoms with van der Waals surface area (Å²) in [5.41, 5.74) is -0.223. The van der Waals surface area contributed by atoms with Crippen LogP contribution >= 0.6 is 11.6 Å². The molecular formula is C12H8ClFN2O4S. The SMILES string of the molecule is O=C(O)c1ccc(S(=O)(=O)Nc2cccc(F)n2)cc1Cl. The molecule has 2 rings (SSSR count). The number of carboxylic acid groups (broad SMARTS) is 1. The first-order chi connectivity index (χ1) is 9.79. The highest BCUT2D eigenvalue weighted by atomic mass is 35.5. The summed E-state index contributed by atoms with van der Waals surface area (Å²) in [6, 6.07) is 6.77. The number of hydrogen-bond acceptors (Lipinski definition) is 4. The van der Waals surface area contributed by atoms with Gasteiger partial charge in [-0.05, 0) is 30.3 Å². The number of aromatic nitrogens is 1. The molecule has 0 atom stereocenters. The third-order valence-corrected chi connectivity index (χ3v) is 4.10. The molecule has 9 heteroatoms. The summed E-state index contributed by atoms with van der Waals surface area (Å²) < 4.78 is 39.1. The molecule has 1 aromatic heterocycles. The number of sulfonamides is 1. The van der Waals surface area contributed by atoms with Gasteiger partial charge in [0.05, 0.1) is 15.5 Å². The lowest BCUT2D eigenvalue weighted by Crippen LogP contribution is -2.14. The van der Waals surface area contributed by atoms with Gasteiger partial charge in [0.1, 0.15) is 5.82 Å². The molecule has 0 bridgehead atoms. The Morgan fingerprint density at radius 2 is 2.00 bits per heavy atom. The van der Waals surface area contributed by atoms with E-state index in [4.69, 9.17) is 16.7 Å². The molecular weight excluding hydrogens is 323 g/mol. The molecule has 0 saturated carbocycles. The maximum Gasteiger partial charge on any atom is 0.337 e. The monoisotopic (exact) mass is 330 g/mol. The Morgan fingerprint density at radius 3 is 2.57 bits per heavy atom. The first-order valence-electron chi connectivity index (χ1n) is 5.48. The summed E-state index contributed by atoms with van der Waals surface area (Å²) in [4.78, 5) is 13.9. The van der Waals surface area contributed by atoms with Crippen molar-refractivity contribution in [3.05, 3.63) is 52.9 Å². The minimum absolute atomic E-state index is 0.201. The molecule has 0 aliphatic carbocycles. The van der Waals surface area contributed by atoms with Crippen LogP contribution in [0.4, 0.5) is 10.2 Å². The number of anilines is 1. The molecule has 0 radical (unpaired) electrons. The Morgan fingerprint density at radius 1 is 1.29 bits per heavy atom. The molecule has 0 unspecified atom stereocenters. The Hall–Kier alpha value is -2.19. The van der Waals surface area contributed by atoms with E-state index in [9.17, 15) is 17.6 Å². The standard InChI is InChI=1S/C12H8ClFN2O4S/c13-9-6-7(4-5-8(9)12(17)18)21(19,20)16-11-3-1-2-10(14)15-11/h1-6H,(H,15,16)(H,17,18). The average molecular weight is 331 g/mol. The maximum absolute atomic E-state index is 12.9. The van der Waals surface area contributed by atoms with Crippen molar-refractivity contribution < 1.29 is 22.7 Å². The molecule has 0 fully saturated rings. The quantitative estimate of drug-likeness (QED) is 0.839. The van der Waals surface area contributed by atoms with Gasteiger partial charge < -0.3 is 5.11 Å². The number of pyridine rings is 1. The van der Waals surface area contributed by atoms with Crippen LogP contribution in [0.1, 0.15) is 10.4 Å². The molecule has 6 nitrogen and oxygen atoms in total. The number of nitrogens with one attached hydrogen (secondary N) is 1. The van der Waals surface area contributed by atoms with E-state index in [2.05, 4.69) is 9.71 Å². The average Bonchev–Trinajstić information content (AvgIpc) is 2.37. The highest BCUT2D eigenvalue weighted by Gasteiger charge is 2.18. The fourth-order valence-corrected chi connectivity index (χ4v) is 2.85. The van der Waals surface area contributed by atoms with E-state index < -0.39 is 21.9 Å². The van der Waals surface area contributed by atoms with E-state index in [1.54, 1.807) is 0 Å². The summed E-state index contributed by atoms with van der Waals surface area (Å²) in [7, 11) is -4.05.